The molecule has 0 heterocycles. The Morgan fingerprint density at radius 1 is 1.00 bits per heavy atom. The van der Waals surface area contributed by atoms with E-state index in [2.05, 4.69) is 26.0 Å². The van der Waals surface area contributed by atoms with Crippen molar-refractivity contribution in [2.75, 3.05) is 0 Å². The zero-order valence-electron chi connectivity index (χ0n) is 13.2. The second-order valence-corrected chi connectivity index (χ2v) is 8.45. The summed E-state index contributed by atoms with van der Waals surface area (Å²) in [6, 6.07) is 0. The standard InChI is InChI=1S/C19H26O2/c1-18-9-7-13(20)11-12(18)3-4-14-15-5-6-17(21)19(15,2)10-8-16(14)18/h3-4,12,14-16H,5-11H2,1-2H3/t12-,14+,15+,16+,18+,19+/m1/s1. The van der Waals surface area contributed by atoms with Gasteiger partial charge in [-0.1, -0.05) is 26.0 Å². The molecule has 0 aliphatic heterocycles. The average Bonchev–Trinajstić information content (AvgIpc) is 2.76. The Labute approximate surface area is 127 Å². The number of fused-ring (bicyclic) bond motifs is 5. The zero-order valence-corrected chi connectivity index (χ0v) is 13.2. The maximum absolute atomic E-state index is 12.3. The fraction of sp³-hybridized carbons (Fsp3) is 0.789. The van der Waals surface area contributed by atoms with Crippen molar-refractivity contribution in [1.29, 1.82) is 0 Å². The Morgan fingerprint density at radius 3 is 2.62 bits per heavy atom. The van der Waals surface area contributed by atoms with Crippen LogP contribution < -0.4 is 0 Å². The molecule has 3 fully saturated rings. The van der Waals surface area contributed by atoms with E-state index < -0.39 is 0 Å². The highest BCUT2D eigenvalue weighted by Gasteiger charge is 2.58. The van der Waals surface area contributed by atoms with E-state index in [9.17, 15) is 9.59 Å². The van der Waals surface area contributed by atoms with Crippen molar-refractivity contribution in [3.05, 3.63) is 12.2 Å². The van der Waals surface area contributed by atoms with Gasteiger partial charge in [0.25, 0.3) is 0 Å². The minimum absolute atomic E-state index is 0.0564. The number of hydrogen-bond donors (Lipinski definition) is 0. The lowest BCUT2D eigenvalue weighted by Crippen LogP contribution is -2.51. The molecule has 0 N–H and O–H groups in total. The predicted octanol–water partition coefficient (Wildman–Crippen LogP) is 3.94. The summed E-state index contributed by atoms with van der Waals surface area (Å²) in [5.41, 5.74) is 0.236. The van der Waals surface area contributed by atoms with Crippen LogP contribution in [0.25, 0.3) is 0 Å². The number of Topliss-reactive ketones (excluding diaryl/α,β-unsaturated/α-hetero) is 2. The number of hydrogen-bond acceptors (Lipinski definition) is 2. The Bertz CT molecular complexity index is 534. The monoisotopic (exact) mass is 286 g/mol. The second-order valence-electron chi connectivity index (χ2n) is 8.45. The Morgan fingerprint density at radius 2 is 1.81 bits per heavy atom. The average molecular weight is 286 g/mol. The van der Waals surface area contributed by atoms with Crippen LogP contribution in [0.1, 0.15) is 58.8 Å². The molecule has 0 saturated heterocycles. The Hall–Kier alpha value is -0.920. The van der Waals surface area contributed by atoms with E-state index in [0.29, 0.717) is 40.7 Å². The third kappa shape index (κ3) is 1.71. The van der Waals surface area contributed by atoms with E-state index in [1.165, 1.54) is 6.42 Å². The van der Waals surface area contributed by atoms with Gasteiger partial charge in [-0.3, -0.25) is 9.59 Å². The van der Waals surface area contributed by atoms with Gasteiger partial charge in [0.05, 0.1) is 0 Å². The molecule has 6 atom stereocenters. The van der Waals surface area contributed by atoms with Crippen molar-refractivity contribution in [2.24, 2.45) is 34.5 Å². The van der Waals surface area contributed by atoms with Crippen LogP contribution in [-0.4, -0.2) is 11.6 Å². The molecule has 4 rings (SSSR count). The highest BCUT2D eigenvalue weighted by Crippen LogP contribution is 2.63. The van der Waals surface area contributed by atoms with E-state index in [4.69, 9.17) is 0 Å². The lowest BCUT2D eigenvalue weighted by Gasteiger charge is -2.56. The predicted molar refractivity (Wildman–Crippen MR) is 81.6 cm³/mol. The van der Waals surface area contributed by atoms with Crippen LogP contribution in [0.2, 0.25) is 0 Å². The van der Waals surface area contributed by atoms with Gasteiger partial charge in [0, 0.05) is 24.7 Å². The lowest BCUT2D eigenvalue weighted by atomic mass is 9.47. The van der Waals surface area contributed by atoms with Crippen LogP contribution >= 0.6 is 0 Å². The third-order valence-electron chi connectivity index (χ3n) is 7.69. The van der Waals surface area contributed by atoms with Crippen LogP contribution in [-0.2, 0) is 9.59 Å². The Kier molecular flexibility index (Phi) is 2.81. The molecule has 0 bridgehead atoms. The molecule has 21 heavy (non-hydrogen) atoms. The van der Waals surface area contributed by atoms with E-state index in [-0.39, 0.29) is 5.41 Å². The van der Waals surface area contributed by atoms with Gasteiger partial charge < -0.3 is 0 Å². The van der Waals surface area contributed by atoms with Crippen molar-refractivity contribution < 1.29 is 9.59 Å². The Balaban J connectivity index is 1.71. The lowest BCUT2D eigenvalue weighted by molar-refractivity contribution is -0.134. The molecular formula is C19H26O2. The van der Waals surface area contributed by atoms with Gasteiger partial charge in [-0.15, -0.1) is 0 Å². The number of rotatable bonds is 0. The summed E-state index contributed by atoms with van der Waals surface area (Å²) >= 11 is 0. The van der Waals surface area contributed by atoms with Gasteiger partial charge in [0.1, 0.15) is 11.6 Å². The summed E-state index contributed by atoms with van der Waals surface area (Å²) in [7, 11) is 0. The SMILES string of the molecule is C[C@]12CCC(=O)C[C@H]1C=C[C@@H]1[C@@H]2CC[C@]2(C)C(=O)CC[C@@H]12. The van der Waals surface area contributed by atoms with Gasteiger partial charge >= 0.3 is 0 Å². The summed E-state index contributed by atoms with van der Waals surface area (Å²) < 4.78 is 0. The van der Waals surface area contributed by atoms with Crippen molar-refractivity contribution >= 4 is 11.6 Å². The van der Waals surface area contributed by atoms with E-state index in [0.717, 1.165) is 38.5 Å². The van der Waals surface area contributed by atoms with Crippen LogP contribution in [0.15, 0.2) is 12.2 Å². The van der Waals surface area contributed by atoms with Gasteiger partial charge in [0.2, 0.25) is 0 Å². The van der Waals surface area contributed by atoms with E-state index >= 15 is 0 Å². The first-order chi connectivity index (χ1) is 9.95. The van der Waals surface area contributed by atoms with Crippen LogP contribution in [0.3, 0.4) is 0 Å². The summed E-state index contributed by atoms with van der Waals surface area (Å²) in [4.78, 5) is 24.2. The molecular weight excluding hydrogens is 260 g/mol. The molecule has 114 valence electrons. The molecule has 2 nitrogen and oxygen atoms in total. The summed E-state index contributed by atoms with van der Waals surface area (Å²) in [6.07, 6.45) is 11.4. The molecule has 0 amide bonds. The molecule has 2 heteroatoms. The summed E-state index contributed by atoms with van der Waals surface area (Å²) in [5.74, 6) is 3.20. The molecule has 0 unspecified atom stereocenters. The van der Waals surface area contributed by atoms with Crippen molar-refractivity contribution in [3.63, 3.8) is 0 Å². The van der Waals surface area contributed by atoms with Gasteiger partial charge in [-0.25, -0.2) is 0 Å². The van der Waals surface area contributed by atoms with Gasteiger partial charge in [0.15, 0.2) is 0 Å². The quantitative estimate of drug-likeness (QED) is 0.632. The maximum atomic E-state index is 12.3. The van der Waals surface area contributed by atoms with Crippen molar-refractivity contribution in [1.82, 2.24) is 0 Å². The molecule has 4 aliphatic rings. The fourth-order valence-corrected chi connectivity index (χ4v) is 6.19. The zero-order chi connectivity index (χ0) is 14.8. The molecule has 4 aliphatic carbocycles. The van der Waals surface area contributed by atoms with Gasteiger partial charge in [-0.05, 0) is 54.8 Å². The second kappa shape index (κ2) is 4.30. The first kappa shape index (κ1) is 13.7. The maximum Gasteiger partial charge on any atom is 0.139 e. The minimum Gasteiger partial charge on any atom is -0.300 e. The van der Waals surface area contributed by atoms with Crippen molar-refractivity contribution in [2.45, 2.75) is 58.8 Å². The normalized spacial score (nSPS) is 52.3. The van der Waals surface area contributed by atoms with Crippen LogP contribution in [0, 0.1) is 34.5 Å². The smallest absolute Gasteiger partial charge is 0.139 e. The topological polar surface area (TPSA) is 34.1 Å². The summed E-state index contributed by atoms with van der Waals surface area (Å²) in [6.45, 7) is 4.64. The van der Waals surface area contributed by atoms with Gasteiger partial charge in [-0.2, -0.15) is 0 Å². The third-order valence-corrected chi connectivity index (χ3v) is 7.69. The fourth-order valence-electron chi connectivity index (χ4n) is 6.19. The highest BCUT2D eigenvalue weighted by atomic mass is 16.1. The molecule has 0 aromatic heterocycles. The first-order valence-corrected chi connectivity index (χ1v) is 8.68. The van der Waals surface area contributed by atoms with Crippen LogP contribution in [0.5, 0.6) is 0 Å². The number of allylic oxidation sites excluding steroid dienone is 2. The number of carbonyl (C=O) groups excluding carboxylic acids is 2. The number of ketones is 2. The molecule has 3 saturated carbocycles. The van der Waals surface area contributed by atoms with E-state index in [1.54, 1.807) is 0 Å². The molecule has 0 radical (unpaired) electrons. The number of carbonyl (C=O) groups is 2. The van der Waals surface area contributed by atoms with E-state index in [1.807, 2.05) is 0 Å². The highest BCUT2D eigenvalue weighted by molar-refractivity contribution is 5.87. The summed E-state index contributed by atoms with van der Waals surface area (Å²) in [5, 5.41) is 0. The first-order valence-electron chi connectivity index (χ1n) is 8.68. The van der Waals surface area contributed by atoms with Crippen molar-refractivity contribution in [3.8, 4) is 0 Å². The van der Waals surface area contributed by atoms with Crippen LogP contribution in [0.4, 0.5) is 0 Å². The minimum atomic E-state index is -0.0564. The molecule has 0 aromatic rings. The molecule has 0 aromatic carbocycles. The molecule has 0 spiro atoms. The largest absolute Gasteiger partial charge is 0.300 e.